The van der Waals surface area contributed by atoms with E-state index in [9.17, 15) is 9.18 Å². The van der Waals surface area contributed by atoms with E-state index in [2.05, 4.69) is 10.3 Å². The van der Waals surface area contributed by atoms with Crippen LogP contribution in [0.25, 0.3) is 11.3 Å². The van der Waals surface area contributed by atoms with Gasteiger partial charge in [-0.2, -0.15) is 0 Å². The van der Waals surface area contributed by atoms with Crippen LogP contribution in [0.1, 0.15) is 17.9 Å². The highest BCUT2D eigenvalue weighted by molar-refractivity contribution is 5.76. The van der Waals surface area contributed by atoms with Gasteiger partial charge in [0, 0.05) is 37.7 Å². The predicted molar refractivity (Wildman–Crippen MR) is 93.4 cm³/mol. The molecule has 0 saturated carbocycles. The Balaban J connectivity index is 1.46. The molecule has 0 atom stereocenters. The first-order valence-electron chi connectivity index (χ1n) is 8.22. The van der Waals surface area contributed by atoms with Crippen molar-refractivity contribution in [3.8, 4) is 11.3 Å². The molecule has 1 N–H and O–H groups in total. The van der Waals surface area contributed by atoms with Crippen LogP contribution in [0.15, 0.2) is 65.2 Å². The summed E-state index contributed by atoms with van der Waals surface area (Å²) in [5.74, 6) is 0.775. The lowest BCUT2D eigenvalue weighted by atomic mass is 10.1. The molecular weight excluding hydrogens is 319 g/mol. The molecule has 0 spiro atoms. The number of rotatable bonds is 7. The number of carbonyl (C=O) groups is 1. The van der Waals surface area contributed by atoms with Gasteiger partial charge in [-0.1, -0.05) is 18.2 Å². The zero-order chi connectivity index (χ0) is 17.5. The Labute approximate surface area is 145 Å². The van der Waals surface area contributed by atoms with Crippen molar-refractivity contribution in [2.24, 2.45) is 0 Å². The van der Waals surface area contributed by atoms with Crippen LogP contribution in [0.2, 0.25) is 0 Å². The van der Waals surface area contributed by atoms with Gasteiger partial charge in [-0.3, -0.25) is 9.78 Å². The fraction of sp³-hybridized carbons (Fsp3) is 0.200. The molecule has 0 aliphatic carbocycles. The molecule has 128 valence electrons. The number of furan rings is 1. The first-order valence-corrected chi connectivity index (χ1v) is 8.22. The number of pyridine rings is 1. The topological polar surface area (TPSA) is 55.1 Å². The molecule has 5 heteroatoms. The minimum absolute atomic E-state index is 0.0419. The standard InChI is InChI=1S/C20H19FN2O2/c21-18-7-2-1-6-17(18)19-10-8-16(25-19)9-11-20(24)23-14-12-15-5-3-4-13-22-15/h1-8,10,13H,9,11-12,14H2,(H,23,24). The molecule has 1 aromatic carbocycles. The fourth-order valence-corrected chi connectivity index (χ4v) is 2.52. The van der Waals surface area contributed by atoms with E-state index in [1.165, 1.54) is 6.07 Å². The monoisotopic (exact) mass is 338 g/mol. The summed E-state index contributed by atoms with van der Waals surface area (Å²) in [6.45, 7) is 0.550. The summed E-state index contributed by atoms with van der Waals surface area (Å²) in [7, 11) is 0. The SMILES string of the molecule is O=C(CCc1ccc(-c2ccccc2F)o1)NCCc1ccccn1. The van der Waals surface area contributed by atoms with Gasteiger partial charge in [0.05, 0.1) is 5.56 Å². The lowest BCUT2D eigenvalue weighted by Crippen LogP contribution is -2.26. The molecule has 0 aliphatic heterocycles. The van der Waals surface area contributed by atoms with Crippen molar-refractivity contribution in [2.75, 3.05) is 6.54 Å². The molecule has 0 saturated heterocycles. The summed E-state index contributed by atoms with van der Waals surface area (Å²) < 4.78 is 19.4. The third kappa shape index (κ3) is 4.76. The average Bonchev–Trinajstić information content (AvgIpc) is 3.10. The van der Waals surface area contributed by atoms with Crippen LogP contribution in [0.4, 0.5) is 4.39 Å². The second-order valence-corrected chi connectivity index (χ2v) is 5.67. The number of nitrogens with zero attached hydrogens (tertiary/aromatic N) is 1. The van der Waals surface area contributed by atoms with Gasteiger partial charge in [0.15, 0.2) is 0 Å². The summed E-state index contributed by atoms with van der Waals surface area (Å²) >= 11 is 0. The molecule has 0 unspecified atom stereocenters. The van der Waals surface area contributed by atoms with Gasteiger partial charge >= 0.3 is 0 Å². The van der Waals surface area contributed by atoms with Crippen molar-refractivity contribution in [2.45, 2.75) is 19.3 Å². The summed E-state index contributed by atoms with van der Waals surface area (Å²) in [6.07, 6.45) is 3.24. The maximum Gasteiger partial charge on any atom is 0.220 e. The third-order valence-electron chi connectivity index (χ3n) is 3.83. The van der Waals surface area contributed by atoms with E-state index in [-0.39, 0.29) is 11.7 Å². The molecule has 3 rings (SSSR count). The molecule has 0 radical (unpaired) electrons. The summed E-state index contributed by atoms with van der Waals surface area (Å²) in [4.78, 5) is 16.1. The Morgan fingerprint density at radius 1 is 1.04 bits per heavy atom. The fourth-order valence-electron chi connectivity index (χ4n) is 2.52. The van der Waals surface area contributed by atoms with E-state index in [0.29, 0.717) is 42.9 Å². The van der Waals surface area contributed by atoms with Gasteiger partial charge in [0.2, 0.25) is 5.91 Å². The third-order valence-corrected chi connectivity index (χ3v) is 3.83. The number of nitrogens with one attached hydrogen (secondary N) is 1. The van der Waals surface area contributed by atoms with Crippen molar-refractivity contribution < 1.29 is 13.6 Å². The van der Waals surface area contributed by atoms with Crippen molar-refractivity contribution in [3.05, 3.63) is 78.1 Å². The van der Waals surface area contributed by atoms with Gasteiger partial charge in [-0.15, -0.1) is 0 Å². The zero-order valence-corrected chi connectivity index (χ0v) is 13.7. The van der Waals surface area contributed by atoms with E-state index in [4.69, 9.17) is 4.42 Å². The quantitative estimate of drug-likeness (QED) is 0.713. The van der Waals surface area contributed by atoms with Crippen molar-refractivity contribution in [3.63, 3.8) is 0 Å². The Kier molecular flexibility index (Phi) is 5.57. The first kappa shape index (κ1) is 16.9. The van der Waals surface area contributed by atoms with Crippen LogP contribution in [0.3, 0.4) is 0 Å². The molecule has 2 aromatic heterocycles. The Hall–Kier alpha value is -2.95. The van der Waals surface area contributed by atoms with Gasteiger partial charge in [-0.25, -0.2) is 4.39 Å². The van der Waals surface area contributed by atoms with E-state index in [0.717, 1.165) is 5.69 Å². The number of hydrogen-bond acceptors (Lipinski definition) is 3. The van der Waals surface area contributed by atoms with E-state index in [1.54, 1.807) is 36.5 Å². The zero-order valence-electron chi connectivity index (χ0n) is 13.7. The predicted octanol–water partition coefficient (Wildman–Crippen LogP) is 3.77. The van der Waals surface area contributed by atoms with Crippen LogP contribution in [-0.4, -0.2) is 17.4 Å². The number of aromatic nitrogens is 1. The van der Waals surface area contributed by atoms with Crippen LogP contribution in [0, 0.1) is 5.82 Å². The minimum Gasteiger partial charge on any atom is -0.461 e. The van der Waals surface area contributed by atoms with E-state index < -0.39 is 0 Å². The van der Waals surface area contributed by atoms with Gasteiger partial charge < -0.3 is 9.73 Å². The van der Waals surface area contributed by atoms with Crippen molar-refractivity contribution >= 4 is 5.91 Å². The van der Waals surface area contributed by atoms with Gasteiger partial charge in [0.25, 0.3) is 0 Å². The highest BCUT2D eigenvalue weighted by Gasteiger charge is 2.10. The van der Waals surface area contributed by atoms with Crippen molar-refractivity contribution in [1.29, 1.82) is 0 Å². The molecule has 4 nitrogen and oxygen atoms in total. The summed E-state index contributed by atoms with van der Waals surface area (Å²) in [5.41, 5.74) is 1.37. The van der Waals surface area contributed by atoms with Gasteiger partial charge in [0.1, 0.15) is 17.3 Å². The molecule has 0 fully saturated rings. The lowest BCUT2D eigenvalue weighted by molar-refractivity contribution is -0.121. The number of hydrogen-bond donors (Lipinski definition) is 1. The molecule has 0 aliphatic rings. The molecule has 3 aromatic rings. The Morgan fingerprint density at radius 2 is 1.88 bits per heavy atom. The van der Waals surface area contributed by atoms with Gasteiger partial charge in [-0.05, 0) is 36.4 Å². The Morgan fingerprint density at radius 3 is 2.68 bits per heavy atom. The normalized spacial score (nSPS) is 10.6. The van der Waals surface area contributed by atoms with Crippen LogP contribution in [-0.2, 0) is 17.6 Å². The summed E-state index contributed by atoms with van der Waals surface area (Å²) in [5, 5.41) is 2.87. The van der Waals surface area contributed by atoms with E-state index in [1.807, 2.05) is 18.2 Å². The van der Waals surface area contributed by atoms with E-state index >= 15 is 0 Å². The average molecular weight is 338 g/mol. The molecule has 25 heavy (non-hydrogen) atoms. The second-order valence-electron chi connectivity index (χ2n) is 5.67. The summed E-state index contributed by atoms with van der Waals surface area (Å²) in [6, 6.07) is 15.7. The second kappa shape index (κ2) is 8.24. The van der Waals surface area contributed by atoms with Crippen LogP contribution in [0.5, 0.6) is 0 Å². The minimum atomic E-state index is -0.323. The largest absolute Gasteiger partial charge is 0.461 e. The molecule has 2 heterocycles. The number of aryl methyl sites for hydroxylation is 1. The lowest BCUT2D eigenvalue weighted by Gasteiger charge is -2.04. The van der Waals surface area contributed by atoms with Crippen LogP contribution < -0.4 is 5.32 Å². The molecule has 1 amide bonds. The number of halogens is 1. The van der Waals surface area contributed by atoms with Crippen molar-refractivity contribution in [1.82, 2.24) is 10.3 Å². The molecular formula is C20H19FN2O2. The first-order chi connectivity index (χ1) is 12.2. The number of carbonyl (C=O) groups excluding carboxylic acids is 1. The number of amides is 1. The highest BCUT2D eigenvalue weighted by atomic mass is 19.1. The maximum atomic E-state index is 13.7. The number of benzene rings is 1. The Bertz CT molecular complexity index is 830. The maximum absolute atomic E-state index is 13.7. The van der Waals surface area contributed by atoms with Crippen LogP contribution >= 0.6 is 0 Å². The highest BCUT2D eigenvalue weighted by Crippen LogP contribution is 2.25. The smallest absolute Gasteiger partial charge is 0.220 e. The molecule has 0 bridgehead atoms.